The average molecular weight is 483 g/mol. The van der Waals surface area contributed by atoms with Gasteiger partial charge in [-0.3, -0.25) is 9.59 Å². The average Bonchev–Trinajstić information content (AvgIpc) is 3.11. The normalized spacial score (nSPS) is 14.5. The van der Waals surface area contributed by atoms with Crippen molar-refractivity contribution in [2.45, 2.75) is 45.1 Å². The molecule has 2 amide bonds. The summed E-state index contributed by atoms with van der Waals surface area (Å²) in [5.41, 5.74) is 2.51. The van der Waals surface area contributed by atoms with E-state index in [4.69, 9.17) is 4.98 Å². The van der Waals surface area contributed by atoms with Crippen LogP contribution in [0.15, 0.2) is 53.0 Å². The minimum atomic E-state index is -0.117. The van der Waals surface area contributed by atoms with Crippen LogP contribution in [0.1, 0.15) is 37.9 Å². The van der Waals surface area contributed by atoms with Gasteiger partial charge in [-0.05, 0) is 43.2 Å². The Hall–Kier alpha value is -2.67. The lowest BCUT2D eigenvalue weighted by atomic mass is 9.89. The first-order chi connectivity index (χ1) is 15.1. The van der Waals surface area contributed by atoms with Crippen molar-refractivity contribution in [1.29, 1.82) is 0 Å². The molecule has 3 aromatic rings. The first kappa shape index (κ1) is 21.6. The standard InChI is InChI=1S/C24H27BrN4O2/c25-18-9-6-10-19(15-18)27-23(30)16-29-21-12-5-4-11-20(21)28-22(29)13-14-26-24(31)17-7-2-1-3-8-17/h4-6,9-12,15,17H,1-3,7-8,13-14,16H2,(H,26,31)(H,27,30). The van der Waals surface area contributed by atoms with Crippen LogP contribution in [-0.4, -0.2) is 27.9 Å². The molecule has 1 aliphatic rings. The molecular weight excluding hydrogens is 456 g/mol. The van der Waals surface area contributed by atoms with E-state index < -0.39 is 0 Å². The molecule has 0 bridgehead atoms. The summed E-state index contributed by atoms with van der Waals surface area (Å²) in [6.45, 7) is 0.685. The summed E-state index contributed by atoms with van der Waals surface area (Å²) in [4.78, 5) is 29.9. The maximum absolute atomic E-state index is 12.7. The fourth-order valence-corrected chi connectivity index (χ4v) is 4.61. The minimum Gasteiger partial charge on any atom is -0.355 e. The number of carbonyl (C=O) groups excluding carboxylic acids is 2. The van der Waals surface area contributed by atoms with E-state index in [9.17, 15) is 9.59 Å². The van der Waals surface area contributed by atoms with Crippen molar-refractivity contribution in [2.75, 3.05) is 11.9 Å². The number of para-hydroxylation sites is 2. The van der Waals surface area contributed by atoms with Crippen molar-refractivity contribution in [2.24, 2.45) is 5.92 Å². The number of halogens is 1. The van der Waals surface area contributed by atoms with Crippen LogP contribution in [0.5, 0.6) is 0 Å². The fourth-order valence-electron chi connectivity index (χ4n) is 4.21. The molecule has 0 radical (unpaired) electrons. The highest BCUT2D eigenvalue weighted by Crippen LogP contribution is 2.23. The van der Waals surface area contributed by atoms with Crippen LogP contribution in [0, 0.1) is 5.92 Å². The maximum Gasteiger partial charge on any atom is 0.244 e. The molecule has 2 N–H and O–H groups in total. The van der Waals surface area contributed by atoms with Gasteiger partial charge >= 0.3 is 0 Å². The molecule has 1 heterocycles. The molecule has 1 saturated carbocycles. The largest absolute Gasteiger partial charge is 0.355 e. The molecule has 31 heavy (non-hydrogen) atoms. The zero-order valence-electron chi connectivity index (χ0n) is 17.4. The van der Waals surface area contributed by atoms with Gasteiger partial charge in [-0.2, -0.15) is 0 Å². The number of fused-ring (bicyclic) bond motifs is 1. The molecule has 6 nitrogen and oxygen atoms in total. The molecule has 7 heteroatoms. The molecule has 1 aliphatic carbocycles. The van der Waals surface area contributed by atoms with Crippen LogP contribution in [0.2, 0.25) is 0 Å². The van der Waals surface area contributed by atoms with E-state index in [-0.39, 0.29) is 24.3 Å². The predicted molar refractivity (Wildman–Crippen MR) is 126 cm³/mol. The number of imidazole rings is 1. The predicted octanol–water partition coefficient (Wildman–Crippen LogP) is 4.68. The van der Waals surface area contributed by atoms with Crippen molar-refractivity contribution in [3.63, 3.8) is 0 Å². The Kier molecular flexibility index (Phi) is 7.02. The van der Waals surface area contributed by atoms with Crippen LogP contribution in [0.3, 0.4) is 0 Å². The van der Waals surface area contributed by atoms with Gasteiger partial charge in [0, 0.05) is 29.0 Å². The number of nitrogens with one attached hydrogen (secondary N) is 2. The van der Waals surface area contributed by atoms with Crippen LogP contribution in [0.25, 0.3) is 11.0 Å². The number of nitrogens with zero attached hydrogens (tertiary/aromatic N) is 2. The second kappa shape index (κ2) is 10.1. The van der Waals surface area contributed by atoms with Crippen LogP contribution < -0.4 is 10.6 Å². The number of hydrogen-bond acceptors (Lipinski definition) is 3. The van der Waals surface area contributed by atoms with Gasteiger partial charge in [0.15, 0.2) is 0 Å². The molecule has 1 aromatic heterocycles. The Labute approximate surface area is 190 Å². The maximum atomic E-state index is 12.7. The van der Waals surface area contributed by atoms with E-state index >= 15 is 0 Å². The van der Waals surface area contributed by atoms with E-state index in [1.807, 2.05) is 53.1 Å². The van der Waals surface area contributed by atoms with Crippen LogP contribution in [0.4, 0.5) is 5.69 Å². The number of carbonyl (C=O) groups is 2. The zero-order valence-corrected chi connectivity index (χ0v) is 19.0. The second-order valence-corrected chi connectivity index (χ2v) is 8.95. The summed E-state index contributed by atoms with van der Waals surface area (Å²) in [7, 11) is 0. The zero-order chi connectivity index (χ0) is 21.6. The van der Waals surface area contributed by atoms with Gasteiger partial charge in [0.2, 0.25) is 11.8 Å². The molecule has 162 valence electrons. The number of aromatic nitrogens is 2. The van der Waals surface area contributed by atoms with Crippen molar-refractivity contribution in [1.82, 2.24) is 14.9 Å². The Morgan fingerprint density at radius 2 is 1.87 bits per heavy atom. The molecule has 0 spiro atoms. The summed E-state index contributed by atoms with van der Waals surface area (Å²) in [6, 6.07) is 15.3. The second-order valence-electron chi connectivity index (χ2n) is 8.04. The van der Waals surface area contributed by atoms with Gasteiger partial charge in [0.1, 0.15) is 12.4 Å². The van der Waals surface area contributed by atoms with Gasteiger partial charge in [-0.15, -0.1) is 0 Å². The highest BCUT2D eigenvalue weighted by molar-refractivity contribution is 9.10. The third-order valence-electron chi connectivity index (χ3n) is 5.77. The highest BCUT2D eigenvalue weighted by atomic mass is 79.9. The molecular formula is C24H27BrN4O2. The van der Waals surface area contributed by atoms with Gasteiger partial charge in [0.05, 0.1) is 11.0 Å². The molecule has 1 fully saturated rings. The quantitative estimate of drug-likeness (QED) is 0.513. The fraction of sp³-hybridized carbons (Fsp3) is 0.375. The lowest BCUT2D eigenvalue weighted by Gasteiger charge is -2.20. The van der Waals surface area contributed by atoms with Crippen molar-refractivity contribution in [3.8, 4) is 0 Å². The van der Waals surface area contributed by atoms with Crippen molar-refractivity contribution >= 4 is 44.5 Å². The molecule has 0 aliphatic heterocycles. The molecule has 0 unspecified atom stereocenters. The monoisotopic (exact) mass is 482 g/mol. The van der Waals surface area contributed by atoms with Crippen molar-refractivity contribution < 1.29 is 9.59 Å². The minimum absolute atomic E-state index is 0.117. The first-order valence-electron chi connectivity index (χ1n) is 10.9. The molecule has 0 atom stereocenters. The summed E-state index contributed by atoms with van der Waals surface area (Å²) in [5, 5.41) is 6.02. The summed E-state index contributed by atoms with van der Waals surface area (Å²) >= 11 is 3.42. The third kappa shape index (κ3) is 5.53. The van der Waals surface area contributed by atoms with Gasteiger partial charge in [-0.1, -0.05) is 53.4 Å². The van der Waals surface area contributed by atoms with E-state index in [0.29, 0.717) is 13.0 Å². The summed E-state index contributed by atoms with van der Waals surface area (Å²) in [5.74, 6) is 0.974. The van der Waals surface area contributed by atoms with Gasteiger partial charge in [0.25, 0.3) is 0 Å². The lowest BCUT2D eigenvalue weighted by Crippen LogP contribution is -2.33. The number of hydrogen-bond donors (Lipinski definition) is 2. The number of benzene rings is 2. The van der Waals surface area contributed by atoms with E-state index in [2.05, 4.69) is 26.6 Å². The highest BCUT2D eigenvalue weighted by Gasteiger charge is 2.21. The smallest absolute Gasteiger partial charge is 0.244 e. The van der Waals surface area contributed by atoms with Crippen molar-refractivity contribution in [3.05, 3.63) is 58.8 Å². The SMILES string of the molecule is O=C(Cn1c(CCNC(=O)C2CCCCC2)nc2ccccc21)Nc1cccc(Br)c1. The van der Waals surface area contributed by atoms with E-state index in [1.54, 1.807) is 0 Å². The van der Waals surface area contributed by atoms with Gasteiger partial charge in [-0.25, -0.2) is 4.98 Å². The number of rotatable bonds is 7. The number of anilines is 1. The molecule has 0 saturated heterocycles. The lowest BCUT2D eigenvalue weighted by molar-refractivity contribution is -0.125. The first-order valence-corrected chi connectivity index (χ1v) is 11.7. The summed E-state index contributed by atoms with van der Waals surface area (Å²) < 4.78 is 2.85. The van der Waals surface area contributed by atoms with Crippen LogP contribution >= 0.6 is 15.9 Å². The summed E-state index contributed by atoms with van der Waals surface area (Å²) in [6.07, 6.45) is 6.06. The Morgan fingerprint density at radius 3 is 2.68 bits per heavy atom. The Morgan fingerprint density at radius 1 is 1.06 bits per heavy atom. The Balaban J connectivity index is 1.44. The van der Waals surface area contributed by atoms with E-state index in [1.165, 1.54) is 6.42 Å². The molecule has 2 aromatic carbocycles. The molecule has 4 rings (SSSR count). The van der Waals surface area contributed by atoms with E-state index in [0.717, 1.165) is 52.7 Å². The van der Waals surface area contributed by atoms with Crippen LogP contribution in [-0.2, 0) is 22.6 Å². The topological polar surface area (TPSA) is 76.0 Å². The third-order valence-corrected chi connectivity index (χ3v) is 6.26. The Bertz CT molecular complexity index is 1070. The number of amides is 2. The van der Waals surface area contributed by atoms with Gasteiger partial charge < -0.3 is 15.2 Å².